The second-order valence-electron chi connectivity index (χ2n) is 6.39. The molecule has 0 bridgehead atoms. The zero-order valence-corrected chi connectivity index (χ0v) is 17.3. The summed E-state index contributed by atoms with van der Waals surface area (Å²) in [6, 6.07) is 14.8. The zero-order valence-electron chi connectivity index (χ0n) is 15.7. The number of hydrogen-bond donors (Lipinski definition) is 1. The van der Waals surface area contributed by atoms with Gasteiger partial charge in [-0.05, 0) is 48.2 Å². The van der Waals surface area contributed by atoms with Gasteiger partial charge in [0, 0.05) is 11.1 Å². The molecule has 3 aromatic heterocycles. The van der Waals surface area contributed by atoms with Crippen LogP contribution >= 0.6 is 23.1 Å². The van der Waals surface area contributed by atoms with Crippen molar-refractivity contribution in [3.8, 4) is 5.82 Å². The number of nitrogens with one attached hydrogen (secondary N) is 1. The predicted octanol–water partition coefficient (Wildman–Crippen LogP) is 3.56. The predicted molar refractivity (Wildman–Crippen MR) is 117 cm³/mol. The Kier molecular flexibility index (Phi) is 5.73. The lowest BCUT2D eigenvalue weighted by atomic mass is 10.2. The first-order valence-electron chi connectivity index (χ1n) is 8.98. The highest BCUT2D eigenvalue weighted by Crippen LogP contribution is 2.21. The molecule has 4 aromatic rings. The van der Waals surface area contributed by atoms with E-state index in [0.29, 0.717) is 28.4 Å². The van der Waals surface area contributed by atoms with Gasteiger partial charge in [-0.1, -0.05) is 30.0 Å². The van der Waals surface area contributed by atoms with Gasteiger partial charge in [0.25, 0.3) is 5.56 Å². The number of carbonyl (C=O) groups is 1. The average molecular weight is 423 g/mol. The lowest BCUT2D eigenvalue weighted by molar-refractivity contribution is -0.118. The second-order valence-corrected chi connectivity index (χ2v) is 8.36. The molecule has 1 aromatic carbocycles. The standard InChI is InChI=1S/C21H18N4O2S2/c1-14-8-9-22-18(11-14)25-20(27)16-6-2-3-7-17(16)24-21(25)29-13-19(26)23-12-15-5-4-10-28-15/h2-11H,12-13H2,1H3,(H,23,26). The van der Waals surface area contributed by atoms with Crippen molar-refractivity contribution in [1.82, 2.24) is 19.9 Å². The van der Waals surface area contributed by atoms with Crippen LogP contribution in [0.5, 0.6) is 0 Å². The fourth-order valence-corrected chi connectivity index (χ4v) is 4.31. The first kappa shape index (κ1) is 19.4. The van der Waals surface area contributed by atoms with Gasteiger partial charge in [0.2, 0.25) is 5.91 Å². The summed E-state index contributed by atoms with van der Waals surface area (Å²) in [6.07, 6.45) is 1.66. The van der Waals surface area contributed by atoms with Gasteiger partial charge in [-0.15, -0.1) is 11.3 Å². The van der Waals surface area contributed by atoms with Gasteiger partial charge in [-0.2, -0.15) is 0 Å². The number of para-hydroxylation sites is 1. The number of rotatable bonds is 6. The number of nitrogens with zero attached hydrogens (tertiary/aromatic N) is 3. The van der Waals surface area contributed by atoms with Crippen LogP contribution < -0.4 is 10.9 Å². The number of hydrogen-bond acceptors (Lipinski definition) is 6. The molecule has 0 radical (unpaired) electrons. The average Bonchev–Trinajstić information content (AvgIpc) is 3.24. The molecule has 0 aliphatic rings. The third-order valence-electron chi connectivity index (χ3n) is 4.25. The van der Waals surface area contributed by atoms with E-state index >= 15 is 0 Å². The van der Waals surface area contributed by atoms with Crippen LogP contribution in [-0.2, 0) is 11.3 Å². The topological polar surface area (TPSA) is 76.9 Å². The first-order valence-corrected chi connectivity index (χ1v) is 10.8. The van der Waals surface area contributed by atoms with Crippen LogP contribution in [0.25, 0.3) is 16.7 Å². The van der Waals surface area contributed by atoms with E-state index in [-0.39, 0.29) is 17.2 Å². The maximum atomic E-state index is 13.2. The number of aryl methyl sites for hydroxylation is 1. The molecular formula is C21H18N4O2S2. The maximum Gasteiger partial charge on any atom is 0.267 e. The van der Waals surface area contributed by atoms with Crippen molar-refractivity contribution in [2.24, 2.45) is 0 Å². The Labute approximate surface area is 175 Å². The number of pyridine rings is 1. The van der Waals surface area contributed by atoms with Gasteiger partial charge in [0.05, 0.1) is 23.2 Å². The van der Waals surface area contributed by atoms with Crippen LogP contribution in [0.2, 0.25) is 0 Å². The minimum atomic E-state index is -0.199. The van der Waals surface area contributed by atoms with Crippen LogP contribution in [0.15, 0.2) is 70.1 Å². The number of carbonyl (C=O) groups excluding carboxylic acids is 1. The van der Waals surface area contributed by atoms with Gasteiger partial charge < -0.3 is 5.32 Å². The molecule has 0 aliphatic heterocycles. The summed E-state index contributed by atoms with van der Waals surface area (Å²) >= 11 is 2.82. The van der Waals surface area contributed by atoms with E-state index in [1.807, 2.05) is 48.7 Å². The van der Waals surface area contributed by atoms with E-state index in [1.165, 1.54) is 16.3 Å². The normalized spacial score (nSPS) is 10.9. The third-order valence-corrected chi connectivity index (χ3v) is 6.06. The first-order chi connectivity index (χ1) is 14.1. The molecule has 0 spiro atoms. The molecule has 29 heavy (non-hydrogen) atoms. The number of fused-ring (bicyclic) bond motifs is 1. The highest BCUT2D eigenvalue weighted by Gasteiger charge is 2.15. The van der Waals surface area contributed by atoms with Crippen LogP contribution in [0, 0.1) is 6.92 Å². The van der Waals surface area contributed by atoms with E-state index in [1.54, 1.807) is 29.7 Å². The van der Waals surface area contributed by atoms with Crippen molar-refractivity contribution in [2.75, 3.05) is 5.75 Å². The smallest absolute Gasteiger partial charge is 0.267 e. The van der Waals surface area contributed by atoms with E-state index < -0.39 is 0 Å². The van der Waals surface area contributed by atoms with Crippen molar-refractivity contribution < 1.29 is 4.79 Å². The quantitative estimate of drug-likeness (QED) is 0.380. The van der Waals surface area contributed by atoms with Crippen LogP contribution in [0.1, 0.15) is 10.4 Å². The molecule has 0 unspecified atom stereocenters. The van der Waals surface area contributed by atoms with Crippen molar-refractivity contribution in [3.05, 3.63) is 80.9 Å². The minimum Gasteiger partial charge on any atom is -0.350 e. The minimum absolute atomic E-state index is 0.116. The summed E-state index contributed by atoms with van der Waals surface area (Å²) in [4.78, 5) is 35.5. The number of benzene rings is 1. The molecule has 0 saturated carbocycles. The number of thioether (sulfide) groups is 1. The Hall–Kier alpha value is -2.97. The highest BCUT2D eigenvalue weighted by molar-refractivity contribution is 7.99. The number of thiophene rings is 1. The Morgan fingerprint density at radius 2 is 2.07 bits per heavy atom. The maximum absolute atomic E-state index is 13.2. The van der Waals surface area contributed by atoms with E-state index in [0.717, 1.165) is 10.4 Å². The van der Waals surface area contributed by atoms with Crippen molar-refractivity contribution in [2.45, 2.75) is 18.6 Å². The van der Waals surface area contributed by atoms with Crippen molar-refractivity contribution in [1.29, 1.82) is 0 Å². The molecule has 146 valence electrons. The SMILES string of the molecule is Cc1ccnc(-n2c(SCC(=O)NCc3cccs3)nc3ccccc3c2=O)c1. The molecule has 6 nitrogen and oxygen atoms in total. The van der Waals surface area contributed by atoms with E-state index in [4.69, 9.17) is 0 Å². The molecule has 3 heterocycles. The Morgan fingerprint density at radius 1 is 1.21 bits per heavy atom. The molecule has 0 saturated heterocycles. The zero-order chi connectivity index (χ0) is 20.2. The third kappa shape index (κ3) is 4.38. The summed E-state index contributed by atoms with van der Waals surface area (Å²) in [5.41, 5.74) is 1.39. The summed E-state index contributed by atoms with van der Waals surface area (Å²) in [5.74, 6) is 0.534. The fraction of sp³-hybridized carbons (Fsp3) is 0.143. The Balaban J connectivity index is 1.64. The lowest BCUT2D eigenvalue weighted by Gasteiger charge is -2.12. The van der Waals surface area contributed by atoms with Gasteiger partial charge >= 0.3 is 0 Å². The van der Waals surface area contributed by atoms with E-state index in [9.17, 15) is 9.59 Å². The van der Waals surface area contributed by atoms with Crippen LogP contribution in [0.4, 0.5) is 0 Å². The number of amides is 1. The lowest BCUT2D eigenvalue weighted by Crippen LogP contribution is -2.26. The largest absolute Gasteiger partial charge is 0.350 e. The highest BCUT2D eigenvalue weighted by atomic mass is 32.2. The van der Waals surface area contributed by atoms with Gasteiger partial charge in [-0.3, -0.25) is 9.59 Å². The molecular weight excluding hydrogens is 404 g/mol. The van der Waals surface area contributed by atoms with Crippen LogP contribution in [-0.4, -0.2) is 26.2 Å². The van der Waals surface area contributed by atoms with E-state index in [2.05, 4.69) is 15.3 Å². The molecule has 1 N–H and O–H groups in total. The molecule has 0 atom stereocenters. The van der Waals surface area contributed by atoms with Gasteiger partial charge in [0.1, 0.15) is 5.82 Å². The number of aromatic nitrogens is 3. The molecule has 8 heteroatoms. The van der Waals surface area contributed by atoms with Gasteiger partial charge in [0.15, 0.2) is 5.16 Å². The van der Waals surface area contributed by atoms with Crippen molar-refractivity contribution >= 4 is 39.9 Å². The van der Waals surface area contributed by atoms with Crippen LogP contribution in [0.3, 0.4) is 0 Å². The molecule has 1 amide bonds. The molecule has 0 fully saturated rings. The Bertz CT molecular complexity index is 1220. The summed E-state index contributed by atoms with van der Waals surface area (Å²) in [6.45, 7) is 2.43. The summed E-state index contributed by atoms with van der Waals surface area (Å²) in [7, 11) is 0. The fourth-order valence-electron chi connectivity index (χ4n) is 2.83. The summed E-state index contributed by atoms with van der Waals surface area (Å²) < 4.78 is 1.48. The monoisotopic (exact) mass is 422 g/mol. The summed E-state index contributed by atoms with van der Waals surface area (Å²) in [5, 5.41) is 5.83. The van der Waals surface area contributed by atoms with Crippen molar-refractivity contribution in [3.63, 3.8) is 0 Å². The van der Waals surface area contributed by atoms with Gasteiger partial charge in [-0.25, -0.2) is 14.5 Å². The molecule has 0 aliphatic carbocycles. The Morgan fingerprint density at radius 3 is 2.86 bits per heavy atom. The second kappa shape index (κ2) is 8.59. The molecule has 4 rings (SSSR count).